The van der Waals surface area contributed by atoms with Crippen LogP contribution in [0.15, 0.2) is 0 Å². The van der Waals surface area contributed by atoms with E-state index in [1.54, 1.807) is 0 Å². The van der Waals surface area contributed by atoms with Crippen LogP contribution >= 0.6 is 249 Å². The quantitative estimate of drug-likeness (QED) is 0.223. The molecule has 0 aromatic heterocycles. The van der Waals surface area contributed by atoms with Crippen LogP contribution in [0.1, 0.15) is 0 Å². The first-order valence-electron chi connectivity index (χ1n) is 2.43. The number of hydrogen-bond donors (Lipinski definition) is 0. The second kappa shape index (κ2) is 18.6. The molecule has 0 aromatic rings. The molecule has 0 aliphatic carbocycles. The molecular formula is I18. The number of hydrogen-bond acceptors (Lipinski definition) is 0. The molecule has 0 heterocycles. The van der Waals surface area contributed by atoms with Gasteiger partial charge in [0.1, 0.15) is 0 Å². The monoisotopic (exact) mass is 2280 g/mol. The summed E-state index contributed by atoms with van der Waals surface area (Å²) in [5, 5.41) is 0. The molecule has 126 valence electrons. The third kappa shape index (κ3) is 13.6. The summed E-state index contributed by atoms with van der Waals surface area (Å²) in [5.41, 5.74) is 0. The Bertz CT molecular complexity index is 192. The molecule has 0 aliphatic rings. The molecule has 0 saturated heterocycles. The molecule has 0 bridgehead atoms. The van der Waals surface area contributed by atoms with Crippen molar-refractivity contribution < 1.29 is 0 Å². The minimum atomic E-state index is -0.427. The fraction of sp³-hybridized carbons (Fsp3) is 0. The van der Waals surface area contributed by atoms with E-state index in [0.29, 0.717) is 0 Å². The van der Waals surface area contributed by atoms with Crippen LogP contribution < -0.4 is 0 Å². The van der Waals surface area contributed by atoms with Crippen molar-refractivity contribution in [2.75, 3.05) is 0 Å². The van der Waals surface area contributed by atoms with Gasteiger partial charge in [-0.25, -0.2) is 0 Å². The van der Waals surface area contributed by atoms with E-state index in [1.807, 2.05) is 0 Å². The Morgan fingerprint density at radius 2 is 0.444 bits per heavy atom. The minimum absolute atomic E-state index is 0.375. The number of halogens is 18. The third-order valence-corrected chi connectivity index (χ3v) is 1160. The third-order valence-electron chi connectivity index (χ3n) is 0.571. The molecule has 0 N–H and O–H groups in total. The van der Waals surface area contributed by atoms with E-state index in [-0.39, 0.29) is 47.4 Å². The molecule has 0 rings (SSSR count). The molecule has 0 amide bonds. The van der Waals surface area contributed by atoms with Crippen LogP contribution in [0.2, 0.25) is 0 Å². The van der Waals surface area contributed by atoms with Crippen molar-refractivity contribution in [3.8, 4) is 0 Å². The molecule has 0 unspecified atom stereocenters. The fourth-order valence-corrected chi connectivity index (χ4v) is 2510. The van der Waals surface area contributed by atoms with Crippen LogP contribution in [-0.4, -0.2) is 0 Å². The van der Waals surface area contributed by atoms with Crippen molar-refractivity contribution in [3.05, 3.63) is 0 Å². The van der Waals surface area contributed by atoms with Crippen molar-refractivity contribution in [1.29, 1.82) is 0 Å². The molecular weight excluding hydrogens is 2280 g/mol. The molecule has 0 saturated carbocycles. The van der Waals surface area contributed by atoms with E-state index in [2.05, 4.69) is 186 Å². The predicted molar refractivity (Wildman–Crippen MR) is 252 cm³/mol. The summed E-state index contributed by atoms with van der Waals surface area (Å²) in [7, 11) is -3.13. The summed E-state index contributed by atoms with van der Waals surface area (Å²) in [4.78, 5) is 0. The van der Waals surface area contributed by atoms with Gasteiger partial charge >= 0.3 is 249 Å². The van der Waals surface area contributed by atoms with E-state index >= 15 is 0 Å². The van der Waals surface area contributed by atoms with Crippen LogP contribution in [0.5, 0.6) is 0 Å². The van der Waals surface area contributed by atoms with E-state index < -0.39 is 15.8 Å². The van der Waals surface area contributed by atoms with Crippen molar-refractivity contribution >= 4 is 249 Å². The van der Waals surface area contributed by atoms with Crippen LogP contribution in [0, 0.1) is 0 Å². The molecule has 0 atom stereocenters. The zero-order chi connectivity index (χ0) is 14.6. The van der Waals surface area contributed by atoms with Crippen molar-refractivity contribution in [2.24, 2.45) is 0 Å². The summed E-state index contributed by atoms with van der Waals surface area (Å²) in [6, 6.07) is 0. The predicted octanol–water partition coefficient (Wildman–Crippen LogP) is 15.9. The van der Waals surface area contributed by atoms with Crippen LogP contribution in [0.4, 0.5) is 0 Å². The fourth-order valence-electron chi connectivity index (χ4n) is 0.185. The average molecular weight is 2280 g/mol. The van der Waals surface area contributed by atoms with Gasteiger partial charge in [-0.15, -0.1) is 0 Å². The first-order valence-corrected chi connectivity index (χ1v) is 109. The molecule has 0 radical (unpaired) electrons. The summed E-state index contributed by atoms with van der Waals surface area (Å²) in [5.74, 6) is 0. The molecule has 0 spiro atoms. The van der Waals surface area contributed by atoms with Crippen molar-refractivity contribution in [3.63, 3.8) is 0 Å². The van der Waals surface area contributed by atoms with Gasteiger partial charge in [0.15, 0.2) is 0 Å². The Balaban J connectivity index is 4.63. The molecule has 0 nitrogen and oxygen atoms in total. The first-order chi connectivity index (χ1) is 8.11. The van der Waals surface area contributed by atoms with Gasteiger partial charge in [0, 0.05) is 0 Å². The topological polar surface area (TPSA) is 0 Å². The summed E-state index contributed by atoms with van der Waals surface area (Å²) < 4.78 is 0. The van der Waals surface area contributed by atoms with Crippen molar-refractivity contribution in [2.45, 2.75) is 0 Å². The molecule has 0 aliphatic heterocycles. The van der Waals surface area contributed by atoms with E-state index in [9.17, 15) is 0 Å². The number of rotatable bonds is 7. The summed E-state index contributed by atoms with van der Waals surface area (Å²) in [6.45, 7) is 0. The molecule has 18 heavy (non-hydrogen) atoms. The first kappa shape index (κ1) is 31.1. The van der Waals surface area contributed by atoms with Gasteiger partial charge in [-0.1, -0.05) is 0 Å². The van der Waals surface area contributed by atoms with Gasteiger partial charge in [0.25, 0.3) is 0 Å². The Morgan fingerprint density at radius 1 is 0.278 bits per heavy atom. The Morgan fingerprint density at radius 3 is 0.611 bits per heavy atom. The van der Waals surface area contributed by atoms with Crippen molar-refractivity contribution in [1.82, 2.24) is 0 Å². The van der Waals surface area contributed by atoms with Crippen LogP contribution in [0.3, 0.4) is 0 Å². The second-order valence-corrected chi connectivity index (χ2v) is 391. The Hall–Kier alpha value is 13.1. The molecule has 0 aromatic carbocycles. The SMILES string of the molecule is II(I)I(I)I(I)I(I)I(I)I(I)I(I)I(I)I. The van der Waals surface area contributed by atoms with Gasteiger partial charge in [-0.05, 0) is 0 Å². The maximum atomic E-state index is 3.12. The van der Waals surface area contributed by atoms with Gasteiger partial charge in [-0.2, -0.15) is 0 Å². The zero-order valence-electron chi connectivity index (χ0n) is 6.80. The van der Waals surface area contributed by atoms with E-state index in [0.717, 1.165) is 0 Å². The zero-order valence-corrected chi connectivity index (χ0v) is 45.6. The second-order valence-electron chi connectivity index (χ2n) is 1.30. The maximum absolute atomic E-state index is 3.12. The molecule has 0 fully saturated rings. The van der Waals surface area contributed by atoms with Gasteiger partial charge in [0.2, 0.25) is 0 Å². The summed E-state index contributed by atoms with van der Waals surface area (Å²) >= 11 is 30.0. The van der Waals surface area contributed by atoms with Gasteiger partial charge in [-0.3, -0.25) is 0 Å². The average Bonchev–Trinajstić information content (AvgIpc) is 2.32. The Kier molecular flexibility index (Phi) is 32.1. The standard InChI is InChI=1S/I18/c1-11(2)13(5)15(7)17(9)18(10)16(8)14(6)12(3)4. The summed E-state index contributed by atoms with van der Waals surface area (Å²) in [6.07, 6.45) is 0. The van der Waals surface area contributed by atoms with Gasteiger partial charge in [0.05, 0.1) is 0 Å². The molecule has 18 heteroatoms. The van der Waals surface area contributed by atoms with Crippen LogP contribution in [-0.2, 0) is 0 Å². The van der Waals surface area contributed by atoms with Gasteiger partial charge < -0.3 is 0 Å². The van der Waals surface area contributed by atoms with E-state index in [4.69, 9.17) is 0 Å². The normalized spacial score (nSPS) is 17.7. The van der Waals surface area contributed by atoms with E-state index in [1.165, 1.54) is 0 Å². The Labute approximate surface area is 236 Å². The van der Waals surface area contributed by atoms with Crippen LogP contribution in [0.25, 0.3) is 0 Å².